The summed E-state index contributed by atoms with van der Waals surface area (Å²) in [6.07, 6.45) is 1.07. The fourth-order valence-electron chi connectivity index (χ4n) is 2.44. The zero-order valence-corrected chi connectivity index (χ0v) is 14.3. The molecule has 0 saturated heterocycles. The van der Waals surface area contributed by atoms with Crippen molar-refractivity contribution in [1.82, 2.24) is 9.78 Å². The highest BCUT2D eigenvalue weighted by molar-refractivity contribution is 7.92. The Morgan fingerprint density at radius 3 is 2.28 bits per heavy atom. The Morgan fingerprint density at radius 1 is 1.00 bits per heavy atom. The van der Waals surface area contributed by atoms with Crippen molar-refractivity contribution in [1.29, 1.82) is 0 Å². The van der Waals surface area contributed by atoms with Gasteiger partial charge in [-0.2, -0.15) is 5.10 Å². The number of aromatic nitrogens is 2. The molecule has 1 heterocycles. The molecule has 0 fully saturated rings. The van der Waals surface area contributed by atoms with Gasteiger partial charge in [-0.05, 0) is 55.5 Å². The molecular weight excluding hydrogens is 348 g/mol. The molecular formula is C17H15F2N3O2S. The highest BCUT2D eigenvalue weighted by atomic mass is 32.2. The highest BCUT2D eigenvalue weighted by Gasteiger charge is 2.12. The van der Waals surface area contributed by atoms with Crippen LogP contribution in [0.25, 0.3) is 16.9 Å². The zero-order chi connectivity index (χ0) is 18.2. The van der Waals surface area contributed by atoms with Crippen LogP contribution < -0.4 is 4.72 Å². The molecule has 3 aromatic rings. The third-order valence-corrected chi connectivity index (χ3v) is 4.07. The van der Waals surface area contributed by atoms with Crippen LogP contribution in [-0.2, 0) is 10.0 Å². The molecule has 1 N–H and O–H groups in total. The van der Waals surface area contributed by atoms with Crippen LogP contribution >= 0.6 is 0 Å². The van der Waals surface area contributed by atoms with E-state index in [2.05, 4.69) is 9.82 Å². The lowest BCUT2D eigenvalue weighted by Crippen LogP contribution is -2.09. The molecule has 0 aliphatic carbocycles. The summed E-state index contributed by atoms with van der Waals surface area (Å²) in [5.41, 5.74) is 2.87. The minimum Gasteiger partial charge on any atom is -0.284 e. The molecule has 0 spiro atoms. The molecule has 0 bridgehead atoms. The van der Waals surface area contributed by atoms with E-state index in [1.807, 2.05) is 0 Å². The normalized spacial score (nSPS) is 11.5. The Balaban J connectivity index is 2.02. The van der Waals surface area contributed by atoms with Gasteiger partial charge >= 0.3 is 0 Å². The number of nitrogens with zero attached hydrogens (tertiary/aromatic N) is 2. The van der Waals surface area contributed by atoms with Crippen molar-refractivity contribution in [3.05, 3.63) is 65.9 Å². The molecule has 0 saturated carbocycles. The van der Waals surface area contributed by atoms with E-state index >= 15 is 0 Å². The van der Waals surface area contributed by atoms with Gasteiger partial charge in [0, 0.05) is 11.3 Å². The molecule has 0 unspecified atom stereocenters. The van der Waals surface area contributed by atoms with Gasteiger partial charge in [-0.3, -0.25) is 4.72 Å². The number of benzene rings is 2. The predicted molar refractivity (Wildman–Crippen MR) is 92.1 cm³/mol. The number of anilines is 1. The molecule has 0 aliphatic heterocycles. The van der Waals surface area contributed by atoms with Crippen LogP contribution in [0.5, 0.6) is 0 Å². The van der Waals surface area contributed by atoms with E-state index in [-0.39, 0.29) is 0 Å². The maximum Gasteiger partial charge on any atom is 0.229 e. The third kappa shape index (κ3) is 3.85. The second-order valence-corrected chi connectivity index (χ2v) is 7.38. The largest absolute Gasteiger partial charge is 0.284 e. The average Bonchev–Trinajstić information content (AvgIpc) is 2.91. The minimum absolute atomic E-state index is 0.421. The molecule has 0 aliphatic rings. The van der Waals surface area contributed by atoms with Gasteiger partial charge in [0.1, 0.15) is 0 Å². The monoisotopic (exact) mass is 363 g/mol. The quantitative estimate of drug-likeness (QED) is 0.772. The summed E-state index contributed by atoms with van der Waals surface area (Å²) in [4.78, 5) is 0. The molecule has 5 nitrogen and oxygen atoms in total. The molecule has 8 heteroatoms. The first kappa shape index (κ1) is 17.1. The topological polar surface area (TPSA) is 64.0 Å². The Kier molecular flexibility index (Phi) is 4.30. The lowest BCUT2D eigenvalue weighted by atomic mass is 10.1. The molecule has 1 aromatic heterocycles. The van der Waals surface area contributed by atoms with Crippen molar-refractivity contribution < 1.29 is 17.2 Å². The number of halogens is 2. The van der Waals surface area contributed by atoms with Gasteiger partial charge in [-0.15, -0.1) is 0 Å². The van der Waals surface area contributed by atoms with E-state index in [1.165, 1.54) is 6.07 Å². The minimum atomic E-state index is -3.36. The van der Waals surface area contributed by atoms with Crippen LogP contribution in [0.15, 0.2) is 48.5 Å². The van der Waals surface area contributed by atoms with Crippen LogP contribution in [0.2, 0.25) is 0 Å². The number of sulfonamides is 1. The summed E-state index contributed by atoms with van der Waals surface area (Å²) in [7, 11) is -3.36. The summed E-state index contributed by atoms with van der Waals surface area (Å²) in [6.45, 7) is 1.79. The molecule has 3 rings (SSSR count). The second kappa shape index (κ2) is 6.29. The van der Waals surface area contributed by atoms with E-state index in [9.17, 15) is 17.2 Å². The van der Waals surface area contributed by atoms with Crippen LogP contribution in [0.4, 0.5) is 14.5 Å². The molecule has 25 heavy (non-hydrogen) atoms. The number of rotatable bonds is 4. The fraction of sp³-hybridized carbons (Fsp3) is 0.118. The van der Waals surface area contributed by atoms with Gasteiger partial charge < -0.3 is 0 Å². The number of aryl methyl sites for hydroxylation is 1. The molecule has 0 radical (unpaired) electrons. The smallest absolute Gasteiger partial charge is 0.229 e. The summed E-state index contributed by atoms with van der Waals surface area (Å²) in [5, 5.41) is 4.38. The van der Waals surface area contributed by atoms with Crippen LogP contribution in [0.1, 0.15) is 5.69 Å². The lowest BCUT2D eigenvalue weighted by Gasteiger charge is -2.09. The highest BCUT2D eigenvalue weighted by Crippen LogP contribution is 2.26. The van der Waals surface area contributed by atoms with Crippen LogP contribution in [-0.4, -0.2) is 24.5 Å². The Morgan fingerprint density at radius 2 is 1.68 bits per heavy atom. The summed E-state index contributed by atoms with van der Waals surface area (Å²) < 4.78 is 53.2. The first-order valence-corrected chi connectivity index (χ1v) is 9.22. The van der Waals surface area contributed by atoms with E-state index in [1.54, 1.807) is 41.9 Å². The standard InChI is InChI=1S/C17H15F2N3O2S/c1-11-9-17(12-3-8-15(18)16(19)10-12)22(20-11)14-6-4-13(5-7-14)21-25(2,23)24/h3-10,21H,1-2H3. The van der Waals surface area contributed by atoms with Crippen molar-refractivity contribution in [3.8, 4) is 16.9 Å². The average molecular weight is 363 g/mol. The van der Waals surface area contributed by atoms with Crippen LogP contribution in [0.3, 0.4) is 0 Å². The van der Waals surface area contributed by atoms with Crippen molar-refractivity contribution >= 4 is 15.7 Å². The Labute approximate surface area is 144 Å². The van der Waals surface area contributed by atoms with Crippen LogP contribution in [0, 0.1) is 18.6 Å². The summed E-state index contributed by atoms with van der Waals surface area (Å²) in [5.74, 6) is -1.85. The molecule has 130 valence electrons. The molecule has 0 atom stereocenters. The number of hydrogen-bond acceptors (Lipinski definition) is 3. The van der Waals surface area contributed by atoms with E-state index in [0.717, 1.165) is 18.4 Å². The summed E-state index contributed by atoms with van der Waals surface area (Å²) >= 11 is 0. The molecule has 2 aromatic carbocycles. The van der Waals surface area contributed by atoms with E-state index in [0.29, 0.717) is 28.3 Å². The zero-order valence-electron chi connectivity index (χ0n) is 13.5. The predicted octanol–water partition coefficient (Wildman–Crippen LogP) is 3.50. The van der Waals surface area contributed by atoms with Gasteiger partial charge in [-0.25, -0.2) is 21.9 Å². The lowest BCUT2D eigenvalue weighted by molar-refractivity contribution is 0.509. The van der Waals surface area contributed by atoms with Gasteiger partial charge in [0.05, 0.1) is 23.3 Å². The molecule has 0 amide bonds. The van der Waals surface area contributed by atoms with Crippen molar-refractivity contribution in [2.75, 3.05) is 11.0 Å². The fourth-order valence-corrected chi connectivity index (χ4v) is 3.01. The maximum atomic E-state index is 13.5. The Hall–Kier alpha value is -2.74. The van der Waals surface area contributed by atoms with E-state index in [4.69, 9.17) is 0 Å². The number of nitrogens with one attached hydrogen (secondary N) is 1. The summed E-state index contributed by atoms with van der Waals surface area (Å²) in [6, 6.07) is 12.0. The van der Waals surface area contributed by atoms with Crippen molar-refractivity contribution in [2.45, 2.75) is 6.92 Å². The van der Waals surface area contributed by atoms with E-state index < -0.39 is 21.7 Å². The van der Waals surface area contributed by atoms with Gasteiger partial charge in [0.15, 0.2) is 11.6 Å². The van der Waals surface area contributed by atoms with Gasteiger partial charge in [-0.1, -0.05) is 0 Å². The first-order chi connectivity index (χ1) is 11.7. The SMILES string of the molecule is Cc1cc(-c2ccc(F)c(F)c2)n(-c2ccc(NS(C)(=O)=O)cc2)n1. The Bertz CT molecular complexity index is 1030. The van der Waals surface area contributed by atoms with Crippen molar-refractivity contribution in [2.24, 2.45) is 0 Å². The first-order valence-electron chi connectivity index (χ1n) is 7.33. The number of hydrogen-bond donors (Lipinski definition) is 1. The maximum absolute atomic E-state index is 13.5. The van der Waals surface area contributed by atoms with Gasteiger partial charge in [0.25, 0.3) is 0 Å². The van der Waals surface area contributed by atoms with Gasteiger partial charge in [0.2, 0.25) is 10.0 Å². The second-order valence-electron chi connectivity index (χ2n) is 5.63. The van der Waals surface area contributed by atoms with Crippen molar-refractivity contribution in [3.63, 3.8) is 0 Å². The third-order valence-electron chi connectivity index (χ3n) is 3.46.